The minimum absolute atomic E-state index is 0.188. The van der Waals surface area contributed by atoms with E-state index in [1.807, 2.05) is 32.0 Å². The van der Waals surface area contributed by atoms with E-state index in [9.17, 15) is 0 Å². The number of hydrogen-bond acceptors (Lipinski definition) is 2. The minimum Gasteiger partial charge on any atom is -0.324 e. The minimum atomic E-state index is -0.188. The molecular weight excluding hydrogens is 220 g/mol. The van der Waals surface area contributed by atoms with Gasteiger partial charge in [0.2, 0.25) is 0 Å². The third kappa shape index (κ3) is 4.52. The van der Waals surface area contributed by atoms with Gasteiger partial charge < -0.3 is 11.1 Å². The molecule has 0 fully saturated rings. The van der Waals surface area contributed by atoms with Crippen LogP contribution in [0.1, 0.15) is 38.8 Å². The highest BCUT2D eigenvalue weighted by Gasteiger charge is 2.14. The maximum atomic E-state index is 5.98. The topological polar surface area (TPSA) is 38.0 Å². The molecule has 0 spiro atoms. The molecule has 1 aromatic carbocycles. The lowest BCUT2D eigenvalue weighted by molar-refractivity contribution is 0.416. The summed E-state index contributed by atoms with van der Waals surface area (Å²) in [7, 11) is 0. The zero-order valence-corrected chi connectivity index (χ0v) is 11.0. The van der Waals surface area contributed by atoms with Crippen LogP contribution in [0, 0.1) is 0 Å². The summed E-state index contributed by atoms with van der Waals surface area (Å²) in [5.41, 5.74) is 6.99. The zero-order chi connectivity index (χ0) is 12.2. The van der Waals surface area contributed by atoms with Crippen LogP contribution in [-0.4, -0.2) is 12.1 Å². The molecule has 16 heavy (non-hydrogen) atoms. The highest BCUT2D eigenvalue weighted by atomic mass is 35.5. The van der Waals surface area contributed by atoms with Crippen LogP contribution in [0.15, 0.2) is 24.3 Å². The molecule has 1 aromatic rings. The molecule has 3 N–H and O–H groups in total. The molecule has 0 aliphatic rings. The van der Waals surface area contributed by atoms with Crippen molar-refractivity contribution in [2.45, 2.75) is 38.8 Å². The summed E-state index contributed by atoms with van der Waals surface area (Å²) in [6.07, 6.45) is 1.02. The van der Waals surface area contributed by atoms with Crippen LogP contribution in [0.25, 0.3) is 0 Å². The second kappa shape index (κ2) is 5.67. The van der Waals surface area contributed by atoms with Gasteiger partial charge in [-0.15, -0.1) is 0 Å². The first-order valence-electron chi connectivity index (χ1n) is 5.70. The first-order valence-corrected chi connectivity index (χ1v) is 6.08. The second-order valence-corrected chi connectivity index (χ2v) is 5.32. The van der Waals surface area contributed by atoms with Crippen molar-refractivity contribution in [2.75, 3.05) is 6.54 Å². The van der Waals surface area contributed by atoms with E-state index in [-0.39, 0.29) is 5.54 Å². The second-order valence-electron chi connectivity index (χ2n) is 4.89. The molecule has 90 valence electrons. The SMILES string of the molecule is CCC(NCC(C)(C)N)c1cccc(Cl)c1. The van der Waals surface area contributed by atoms with Gasteiger partial charge in [0.1, 0.15) is 0 Å². The van der Waals surface area contributed by atoms with Gasteiger partial charge in [-0.2, -0.15) is 0 Å². The average molecular weight is 241 g/mol. The van der Waals surface area contributed by atoms with E-state index >= 15 is 0 Å². The van der Waals surface area contributed by atoms with E-state index in [1.54, 1.807) is 0 Å². The van der Waals surface area contributed by atoms with Gasteiger partial charge in [-0.3, -0.25) is 0 Å². The Hall–Kier alpha value is -0.570. The molecule has 0 aliphatic carbocycles. The Labute approximate surface area is 103 Å². The Morgan fingerprint density at radius 3 is 2.62 bits per heavy atom. The van der Waals surface area contributed by atoms with Crippen LogP contribution < -0.4 is 11.1 Å². The van der Waals surface area contributed by atoms with Crippen molar-refractivity contribution in [1.82, 2.24) is 5.32 Å². The van der Waals surface area contributed by atoms with E-state index in [0.717, 1.165) is 18.0 Å². The molecule has 0 aromatic heterocycles. The van der Waals surface area contributed by atoms with E-state index in [4.69, 9.17) is 17.3 Å². The number of hydrogen-bond donors (Lipinski definition) is 2. The van der Waals surface area contributed by atoms with E-state index in [1.165, 1.54) is 5.56 Å². The Balaban J connectivity index is 2.68. The molecule has 0 heterocycles. The van der Waals surface area contributed by atoms with Gasteiger partial charge >= 0.3 is 0 Å². The maximum Gasteiger partial charge on any atom is 0.0409 e. The predicted molar refractivity (Wildman–Crippen MR) is 70.8 cm³/mol. The van der Waals surface area contributed by atoms with E-state index < -0.39 is 0 Å². The summed E-state index contributed by atoms with van der Waals surface area (Å²) in [4.78, 5) is 0. The van der Waals surface area contributed by atoms with Crippen LogP contribution in [-0.2, 0) is 0 Å². The number of nitrogens with two attached hydrogens (primary N) is 1. The summed E-state index contributed by atoms with van der Waals surface area (Å²) < 4.78 is 0. The fourth-order valence-electron chi connectivity index (χ4n) is 1.61. The van der Waals surface area contributed by atoms with Crippen molar-refractivity contribution in [2.24, 2.45) is 5.73 Å². The largest absolute Gasteiger partial charge is 0.324 e. The van der Waals surface area contributed by atoms with Crippen LogP contribution >= 0.6 is 11.6 Å². The number of nitrogens with one attached hydrogen (secondary N) is 1. The van der Waals surface area contributed by atoms with Gasteiger partial charge in [0.25, 0.3) is 0 Å². The highest BCUT2D eigenvalue weighted by molar-refractivity contribution is 6.30. The number of benzene rings is 1. The van der Waals surface area contributed by atoms with Crippen LogP contribution in [0.3, 0.4) is 0 Å². The molecule has 0 radical (unpaired) electrons. The Morgan fingerprint density at radius 1 is 1.44 bits per heavy atom. The zero-order valence-electron chi connectivity index (χ0n) is 10.3. The van der Waals surface area contributed by atoms with Gasteiger partial charge in [0.05, 0.1) is 0 Å². The Bertz CT molecular complexity index is 331. The summed E-state index contributed by atoms with van der Waals surface area (Å²) in [6, 6.07) is 8.30. The van der Waals surface area contributed by atoms with Crippen molar-refractivity contribution in [3.8, 4) is 0 Å². The monoisotopic (exact) mass is 240 g/mol. The maximum absolute atomic E-state index is 5.98. The third-order valence-corrected chi connectivity index (χ3v) is 2.70. The van der Waals surface area contributed by atoms with E-state index in [2.05, 4.69) is 18.3 Å². The lowest BCUT2D eigenvalue weighted by atomic mass is 10.0. The molecule has 0 amide bonds. The molecule has 3 heteroatoms. The van der Waals surface area contributed by atoms with Gasteiger partial charge in [0, 0.05) is 23.1 Å². The Morgan fingerprint density at radius 2 is 2.12 bits per heavy atom. The third-order valence-electron chi connectivity index (χ3n) is 2.46. The molecule has 0 saturated heterocycles. The molecular formula is C13H21ClN2. The predicted octanol–water partition coefficient (Wildman–Crippen LogP) is 3.12. The van der Waals surface area contributed by atoms with Crippen LogP contribution in [0.4, 0.5) is 0 Å². The lowest BCUT2D eigenvalue weighted by Crippen LogP contribution is -2.44. The molecule has 0 aliphatic heterocycles. The quantitative estimate of drug-likeness (QED) is 0.830. The standard InChI is InChI=1S/C13H21ClN2/c1-4-12(16-9-13(2,3)15)10-6-5-7-11(14)8-10/h5-8,12,16H,4,9,15H2,1-3H3. The molecule has 1 rings (SSSR count). The fourth-order valence-corrected chi connectivity index (χ4v) is 1.81. The van der Waals surface area contributed by atoms with Crippen LogP contribution in [0.2, 0.25) is 5.02 Å². The number of halogens is 1. The van der Waals surface area contributed by atoms with Crippen LogP contribution in [0.5, 0.6) is 0 Å². The van der Waals surface area contributed by atoms with Crippen molar-refractivity contribution in [3.63, 3.8) is 0 Å². The van der Waals surface area contributed by atoms with Crippen molar-refractivity contribution in [3.05, 3.63) is 34.9 Å². The Kier molecular flexibility index (Phi) is 4.78. The number of rotatable bonds is 5. The summed E-state index contributed by atoms with van der Waals surface area (Å²) >= 11 is 5.98. The normalized spacial score (nSPS) is 13.8. The summed E-state index contributed by atoms with van der Waals surface area (Å²) in [5, 5.41) is 4.25. The molecule has 0 bridgehead atoms. The average Bonchev–Trinajstić information content (AvgIpc) is 2.17. The molecule has 0 saturated carbocycles. The lowest BCUT2D eigenvalue weighted by Gasteiger charge is -2.24. The summed E-state index contributed by atoms with van der Waals surface area (Å²) in [5.74, 6) is 0. The van der Waals surface area contributed by atoms with Gasteiger partial charge in [-0.25, -0.2) is 0 Å². The molecule has 1 unspecified atom stereocenters. The smallest absolute Gasteiger partial charge is 0.0409 e. The van der Waals surface area contributed by atoms with Gasteiger partial charge in [0.15, 0.2) is 0 Å². The summed E-state index contributed by atoms with van der Waals surface area (Å²) in [6.45, 7) is 6.98. The van der Waals surface area contributed by atoms with E-state index in [0.29, 0.717) is 6.04 Å². The van der Waals surface area contributed by atoms with Crippen molar-refractivity contribution >= 4 is 11.6 Å². The first kappa shape index (κ1) is 13.5. The molecule has 1 atom stereocenters. The molecule has 2 nitrogen and oxygen atoms in total. The van der Waals surface area contributed by atoms with Gasteiger partial charge in [-0.05, 0) is 38.0 Å². The highest BCUT2D eigenvalue weighted by Crippen LogP contribution is 2.20. The fraction of sp³-hybridized carbons (Fsp3) is 0.538. The van der Waals surface area contributed by atoms with Crippen molar-refractivity contribution in [1.29, 1.82) is 0 Å². The van der Waals surface area contributed by atoms with Crippen molar-refractivity contribution < 1.29 is 0 Å². The van der Waals surface area contributed by atoms with Gasteiger partial charge in [-0.1, -0.05) is 30.7 Å². The first-order chi connectivity index (χ1) is 7.42.